The van der Waals surface area contributed by atoms with Crippen molar-refractivity contribution in [2.45, 2.75) is 29.7 Å². The van der Waals surface area contributed by atoms with Crippen LogP contribution in [0.3, 0.4) is 0 Å². The van der Waals surface area contributed by atoms with Crippen LogP contribution < -0.4 is 14.3 Å². The van der Waals surface area contributed by atoms with Crippen LogP contribution in [-0.2, 0) is 24.8 Å². The number of nitrogens with one attached hydrogen (secondary N) is 1. The Hall–Kier alpha value is -2.29. The van der Waals surface area contributed by atoms with Crippen LogP contribution >= 0.6 is 11.3 Å². The Morgan fingerprint density at radius 2 is 1.69 bits per heavy atom. The van der Waals surface area contributed by atoms with E-state index in [1.807, 2.05) is 13.8 Å². The van der Waals surface area contributed by atoms with E-state index in [-0.39, 0.29) is 33.9 Å². The number of benzene rings is 2. The van der Waals surface area contributed by atoms with Crippen molar-refractivity contribution >= 4 is 41.6 Å². The lowest BCUT2D eigenvalue weighted by Crippen LogP contribution is -2.40. The summed E-state index contributed by atoms with van der Waals surface area (Å²) in [4.78, 5) is 12.3. The number of ether oxygens (including phenoxy) is 2. The molecule has 0 atom stereocenters. The molecule has 10 nitrogen and oxygen atoms in total. The summed E-state index contributed by atoms with van der Waals surface area (Å²) in [5.74, 6) is 0.423. The van der Waals surface area contributed by atoms with E-state index >= 15 is 0 Å². The topological polar surface area (TPSA) is 124 Å². The van der Waals surface area contributed by atoms with Gasteiger partial charge in [-0.25, -0.2) is 21.6 Å². The molecular weight excluding hydrogens is 514 g/mol. The number of nitrogens with zero attached hydrogens (tertiary/aromatic N) is 2. The number of morpholine rings is 1. The van der Waals surface area contributed by atoms with Gasteiger partial charge < -0.3 is 9.47 Å². The predicted molar refractivity (Wildman–Crippen MR) is 133 cm³/mol. The van der Waals surface area contributed by atoms with Crippen molar-refractivity contribution in [3.05, 3.63) is 52.1 Å². The van der Waals surface area contributed by atoms with Gasteiger partial charge in [0.05, 0.1) is 33.2 Å². The first kappa shape index (κ1) is 25.8. The summed E-state index contributed by atoms with van der Waals surface area (Å²) in [6.45, 7) is 5.23. The van der Waals surface area contributed by atoms with Crippen LogP contribution in [0, 0.1) is 0 Å². The molecule has 1 aliphatic rings. The van der Waals surface area contributed by atoms with Gasteiger partial charge in [0.25, 0.3) is 0 Å². The van der Waals surface area contributed by atoms with E-state index < -0.39 is 20.0 Å². The normalized spacial score (nSPS) is 15.6. The van der Waals surface area contributed by atoms with Gasteiger partial charge in [0.15, 0.2) is 0 Å². The van der Waals surface area contributed by atoms with Gasteiger partial charge in [0.2, 0.25) is 20.0 Å². The van der Waals surface area contributed by atoms with Crippen molar-refractivity contribution in [3.63, 3.8) is 0 Å². The zero-order chi connectivity index (χ0) is 25.2. The zero-order valence-electron chi connectivity index (χ0n) is 19.3. The summed E-state index contributed by atoms with van der Waals surface area (Å²) in [5, 5.41) is 0. The lowest BCUT2D eigenvalue weighted by atomic mass is 10.3. The summed E-state index contributed by atoms with van der Waals surface area (Å²) < 4.78 is 67.6. The number of rotatable bonds is 9. The maximum absolute atomic E-state index is 12.7. The van der Waals surface area contributed by atoms with Crippen molar-refractivity contribution in [1.29, 1.82) is 0 Å². The van der Waals surface area contributed by atoms with Crippen molar-refractivity contribution < 1.29 is 26.3 Å². The zero-order valence-corrected chi connectivity index (χ0v) is 21.8. The molecule has 1 fully saturated rings. The fraction of sp³-hybridized carbons (Fsp3) is 0.409. The molecule has 0 aliphatic carbocycles. The van der Waals surface area contributed by atoms with Crippen LogP contribution in [0.2, 0.25) is 0 Å². The van der Waals surface area contributed by atoms with E-state index in [1.54, 1.807) is 10.6 Å². The Labute approximate surface area is 208 Å². The van der Waals surface area contributed by atoms with E-state index in [4.69, 9.17) is 9.47 Å². The van der Waals surface area contributed by atoms with Crippen LogP contribution in [0.15, 0.2) is 57.1 Å². The standard InChI is InChI=1S/C22H27N3O7S3/c1-16(2)25-20-8-7-19(15-21(20)33-22(25)26)34(27,28)23-9-12-32-17-3-5-18(6-4-17)35(29,30)24-10-13-31-14-11-24/h3-8,15-16,23H,9-14H2,1-2H3. The Morgan fingerprint density at radius 1 is 1.03 bits per heavy atom. The minimum absolute atomic E-state index is 0.0113. The van der Waals surface area contributed by atoms with E-state index in [0.717, 1.165) is 11.3 Å². The summed E-state index contributed by atoms with van der Waals surface area (Å²) in [5.41, 5.74) is 0.705. The first-order chi connectivity index (χ1) is 16.6. The van der Waals surface area contributed by atoms with Crippen LogP contribution in [0.5, 0.6) is 5.75 Å². The van der Waals surface area contributed by atoms with Crippen molar-refractivity contribution in [2.24, 2.45) is 0 Å². The predicted octanol–water partition coefficient (Wildman–Crippen LogP) is 2.02. The second-order valence-corrected chi connectivity index (χ2v) is 12.9. The molecule has 35 heavy (non-hydrogen) atoms. The van der Waals surface area contributed by atoms with Gasteiger partial charge in [-0.15, -0.1) is 0 Å². The molecule has 0 radical (unpaired) electrons. The largest absolute Gasteiger partial charge is 0.492 e. The average Bonchev–Trinajstić information content (AvgIpc) is 3.18. The molecule has 13 heteroatoms. The molecule has 0 bridgehead atoms. The van der Waals surface area contributed by atoms with E-state index in [1.165, 1.54) is 40.7 Å². The smallest absolute Gasteiger partial charge is 0.308 e. The maximum atomic E-state index is 12.7. The molecular formula is C22H27N3O7S3. The average molecular weight is 542 g/mol. The first-order valence-electron chi connectivity index (χ1n) is 11.0. The highest BCUT2D eigenvalue weighted by Crippen LogP contribution is 2.24. The van der Waals surface area contributed by atoms with Gasteiger partial charge in [0, 0.05) is 25.7 Å². The molecule has 0 unspecified atom stereocenters. The molecule has 0 spiro atoms. The third-order valence-corrected chi connectivity index (χ3v) is 9.80. The summed E-state index contributed by atoms with van der Waals surface area (Å²) >= 11 is 1.01. The van der Waals surface area contributed by atoms with Crippen LogP contribution in [0.1, 0.15) is 19.9 Å². The fourth-order valence-electron chi connectivity index (χ4n) is 3.75. The van der Waals surface area contributed by atoms with Gasteiger partial charge in [-0.2, -0.15) is 4.31 Å². The number of fused-ring (bicyclic) bond motifs is 1. The molecule has 2 heterocycles. The fourth-order valence-corrected chi connectivity index (χ4v) is 7.32. The second kappa shape index (κ2) is 10.4. The lowest BCUT2D eigenvalue weighted by molar-refractivity contribution is 0.0730. The number of hydrogen-bond acceptors (Lipinski definition) is 8. The first-order valence-corrected chi connectivity index (χ1v) is 14.8. The summed E-state index contributed by atoms with van der Waals surface area (Å²) in [6, 6.07) is 10.6. The third-order valence-electron chi connectivity index (χ3n) is 5.51. The van der Waals surface area contributed by atoms with Crippen molar-refractivity contribution in [3.8, 4) is 5.75 Å². The van der Waals surface area contributed by atoms with Gasteiger partial charge in [0.1, 0.15) is 12.4 Å². The number of hydrogen-bond donors (Lipinski definition) is 1. The highest BCUT2D eigenvalue weighted by molar-refractivity contribution is 7.89. The number of sulfonamides is 2. The van der Waals surface area contributed by atoms with Crippen LogP contribution in [-0.4, -0.2) is 65.2 Å². The molecule has 4 rings (SSSR count). The minimum atomic E-state index is -3.80. The number of thiazole rings is 1. The Balaban J connectivity index is 1.35. The minimum Gasteiger partial charge on any atom is -0.492 e. The lowest BCUT2D eigenvalue weighted by Gasteiger charge is -2.26. The van der Waals surface area contributed by atoms with Gasteiger partial charge in [-0.05, 0) is 56.3 Å². The van der Waals surface area contributed by atoms with Gasteiger partial charge in [-0.3, -0.25) is 9.36 Å². The highest BCUT2D eigenvalue weighted by atomic mass is 32.2. The molecule has 1 aliphatic heterocycles. The summed E-state index contributed by atoms with van der Waals surface area (Å²) in [6.07, 6.45) is 0. The van der Waals surface area contributed by atoms with E-state index in [9.17, 15) is 21.6 Å². The highest BCUT2D eigenvalue weighted by Gasteiger charge is 2.26. The molecule has 3 aromatic rings. The van der Waals surface area contributed by atoms with E-state index in [0.29, 0.717) is 42.3 Å². The Kier molecular flexibility index (Phi) is 7.64. The SMILES string of the molecule is CC(C)n1c(=O)sc2cc(S(=O)(=O)NCCOc3ccc(S(=O)(=O)N4CCOCC4)cc3)ccc21. The Bertz CT molecular complexity index is 1450. The molecule has 2 aromatic carbocycles. The van der Waals surface area contributed by atoms with Crippen LogP contribution in [0.4, 0.5) is 0 Å². The number of aromatic nitrogens is 1. The van der Waals surface area contributed by atoms with Crippen molar-refractivity contribution in [2.75, 3.05) is 39.5 Å². The molecule has 190 valence electrons. The van der Waals surface area contributed by atoms with Gasteiger partial charge in [-0.1, -0.05) is 11.3 Å². The Morgan fingerprint density at radius 3 is 2.34 bits per heavy atom. The molecule has 0 amide bonds. The molecule has 0 saturated carbocycles. The van der Waals surface area contributed by atoms with Crippen molar-refractivity contribution in [1.82, 2.24) is 13.6 Å². The molecule has 1 N–H and O–H groups in total. The maximum Gasteiger partial charge on any atom is 0.308 e. The van der Waals surface area contributed by atoms with Gasteiger partial charge >= 0.3 is 4.87 Å². The summed E-state index contributed by atoms with van der Waals surface area (Å²) in [7, 11) is -7.39. The second-order valence-electron chi connectivity index (χ2n) is 8.20. The van der Waals surface area contributed by atoms with E-state index in [2.05, 4.69) is 4.72 Å². The van der Waals surface area contributed by atoms with Crippen LogP contribution in [0.25, 0.3) is 10.2 Å². The monoisotopic (exact) mass is 541 g/mol. The molecule has 1 saturated heterocycles. The molecule has 1 aromatic heterocycles. The third kappa shape index (κ3) is 5.60. The quantitative estimate of drug-likeness (QED) is 0.411.